The van der Waals surface area contributed by atoms with Gasteiger partial charge in [0.05, 0.1) is 26.7 Å². The molecule has 0 unspecified atom stereocenters. The van der Waals surface area contributed by atoms with E-state index in [1.165, 1.54) is 49.4 Å². The van der Waals surface area contributed by atoms with Gasteiger partial charge in [-0.3, -0.25) is 9.10 Å². The van der Waals surface area contributed by atoms with Crippen LogP contribution in [-0.2, 0) is 24.8 Å². The fraction of sp³-hybridized carbons (Fsp3) is 0.0909. The van der Waals surface area contributed by atoms with Crippen LogP contribution >= 0.6 is 46.4 Å². The molecule has 1 N–H and O–H groups in total. The van der Waals surface area contributed by atoms with Crippen LogP contribution in [0.3, 0.4) is 0 Å². The second kappa shape index (κ2) is 9.97. The van der Waals surface area contributed by atoms with Crippen molar-refractivity contribution in [2.24, 2.45) is 0 Å². The Morgan fingerprint density at radius 1 is 0.865 bits per heavy atom. The SMILES string of the molecule is Cc1nn(S(=O)(=O)c2cc(Cl)cc(Cl)c2)c2ccc(N(CC(=O)O)S(=O)(=O)c3cc(Cl)cc(Cl)c3)cc12. The molecule has 37 heavy (non-hydrogen) atoms. The molecule has 4 rings (SSSR count). The Labute approximate surface area is 231 Å². The summed E-state index contributed by atoms with van der Waals surface area (Å²) in [5.74, 6) is -1.43. The number of aliphatic carboxylic acids is 1. The first kappa shape index (κ1) is 27.5. The minimum atomic E-state index is -4.44. The normalized spacial score (nSPS) is 12.1. The van der Waals surface area contributed by atoms with Crippen molar-refractivity contribution in [2.45, 2.75) is 16.7 Å². The molecule has 15 heteroatoms. The van der Waals surface area contributed by atoms with Crippen LogP contribution in [0.15, 0.2) is 64.4 Å². The summed E-state index contributed by atoms with van der Waals surface area (Å²) in [5.41, 5.74) is 0.319. The van der Waals surface area contributed by atoms with Crippen LogP contribution in [0.4, 0.5) is 5.69 Å². The summed E-state index contributed by atoms with van der Waals surface area (Å²) in [5, 5.41) is 14.1. The van der Waals surface area contributed by atoms with Gasteiger partial charge >= 0.3 is 5.97 Å². The molecule has 0 saturated carbocycles. The third-order valence-corrected chi connectivity index (χ3v) is 9.36. The zero-order chi connectivity index (χ0) is 27.3. The lowest BCUT2D eigenvalue weighted by atomic mass is 10.2. The first-order valence-corrected chi connectivity index (χ1v) is 14.5. The largest absolute Gasteiger partial charge is 0.480 e. The average Bonchev–Trinajstić information content (AvgIpc) is 3.12. The number of benzene rings is 3. The Bertz CT molecular complexity index is 1750. The average molecular weight is 623 g/mol. The second-order valence-corrected chi connectivity index (χ2v) is 13.1. The summed E-state index contributed by atoms with van der Waals surface area (Å²) in [6.07, 6.45) is 0. The van der Waals surface area contributed by atoms with Crippen molar-refractivity contribution < 1.29 is 26.7 Å². The zero-order valence-corrected chi connectivity index (χ0v) is 23.2. The molecule has 0 fully saturated rings. The van der Waals surface area contributed by atoms with Gasteiger partial charge in [0.1, 0.15) is 6.54 Å². The Kier molecular flexibility index (Phi) is 7.41. The highest BCUT2D eigenvalue weighted by Gasteiger charge is 2.29. The molecule has 1 heterocycles. The highest BCUT2D eigenvalue weighted by atomic mass is 35.5. The number of anilines is 1. The van der Waals surface area contributed by atoms with Gasteiger partial charge in [-0.1, -0.05) is 46.4 Å². The highest BCUT2D eigenvalue weighted by molar-refractivity contribution is 7.93. The van der Waals surface area contributed by atoms with Crippen LogP contribution in [0.5, 0.6) is 0 Å². The highest BCUT2D eigenvalue weighted by Crippen LogP contribution is 2.33. The van der Waals surface area contributed by atoms with Crippen molar-refractivity contribution in [2.75, 3.05) is 10.8 Å². The number of hydrogen-bond acceptors (Lipinski definition) is 6. The Morgan fingerprint density at radius 3 is 1.89 bits per heavy atom. The molecular formula is C22H15Cl4N3O6S2. The molecule has 0 atom stereocenters. The smallest absolute Gasteiger partial charge is 0.324 e. The van der Waals surface area contributed by atoms with Gasteiger partial charge in [0.2, 0.25) is 0 Å². The van der Waals surface area contributed by atoms with Crippen molar-refractivity contribution in [1.82, 2.24) is 9.19 Å². The third kappa shape index (κ3) is 5.38. The van der Waals surface area contributed by atoms with Gasteiger partial charge in [-0.15, -0.1) is 0 Å². The van der Waals surface area contributed by atoms with Crippen molar-refractivity contribution in [1.29, 1.82) is 0 Å². The first-order valence-electron chi connectivity index (χ1n) is 10.1. The van der Waals surface area contributed by atoms with Gasteiger partial charge in [0.15, 0.2) is 0 Å². The second-order valence-electron chi connectivity index (χ2n) is 7.75. The van der Waals surface area contributed by atoms with Crippen molar-refractivity contribution in [3.8, 4) is 0 Å². The maximum Gasteiger partial charge on any atom is 0.324 e. The fourth-order valence-electron chi connectivity index (χ4n) is 3.58. The number of sulfonamides is 1. The first-order chi connectivity index (χ1) is 17.2. The zero-order valence-electron chi connectivity index (χ0n) is 18.6. The van der Waals surface area contributed by atoms with E-state index in [4.69, 9.17) is 46.4 Å². The molecule has 0 amide bonds. The molecule has 194 valence electrons. The van der Waals surface area contributed by atoms with Crippen LogP contribution in [-0.4, -0.2) is 43.6 Å². The molecule has 1 aromatic heterocycles. The quantitative estimate of drug-likeness (QED) is 0.289. The van der Waals surface area contributed by atoms with Gasteiger partial charge in [-0.25, -0.2) is 8.42 Å². The molecule has 0 bridgehead atoms. The standard InChI is InChI=1S/C22H15Cl4N3O6S2/c1-12-20-10-17(28(11-22(30)31)36(32,33)18-6-13(23)4-14(24)7-18)2-3-21(20)29(27-12)37(34,35)19-8-15(25)5-16(26)9-19/h2-10H,11H2,1H3,(H,30,31). The Balaban J connectivity index is 1.88. The molecule has 0 spiro atoms. The van der Waals surface area contributed by atoms with Crippen LogP contribution in [0.25, 0.3) is 10.9 Å². The lowest BCUT2D eigenvalue weighted by molar-refractivity contribution is -0.135. The van der Waals surface area contributed by atoms with Gasteiger partial charge in [-0.05, 0) is 61.5 Å². The number of carboxylic acid groups (broad SMARTS) is 1. The number of aryl methyl sites for hydroxylation is 1. The summed E-state index contributed by atoms with van der Waals surface area (Å²) < 4.78 is 54.9. The van der Waals surface area contributed by atoms with Crippen molar-refractivity contribution >= 4 is 89.0 Å². The number of rotatable bonds is 7. The third-order valence-electron chi connectivity index (χ3n) is 5.17. The van der Waals surface area contributed by atoms with Gasteiger partial charge < -0.3 is 5.11 Å². The number of aromatic nitrogens is 2. The number of halogens is 4. The summed E-state index contributed by atoms with van der Waals surface area (Å²) >= 11 is 23.9. The minimum Gasteiger partial charge on any atom is -0.480 e. The van der Waals surface area contributed by atoms with Crippen LogP contribution < -0.4 is 4.31 Å². The number of nitrogens with zero attached hydrogens (tertiary/aromatic N) is 3. The number of fused-ring (bicyclic) bond motifs is 1. The molecule has 0 aliphatic heterocycles. The van der Waals surface area contributed by atoms with E-state index in [1.54, 1.807) is 0 Å². The molecule has 0 aliphatic rings. The maximum absolute atomic E-state index is 13.4. The fourth-order valence-corrected chi connectivity index (χ4v) is 7.77. The van der Waals surface area contributed by atoms with Crippen LogP contribution in [0.1, 0.15) is 5.69 Å². The van der Waals surface area contributed by atoms with Crippen molar-refractivity contribution in [3.63, 3.8) is 0 Å². The summed E-state index contributed by atoms with van der Waals surface area (Å²) in [4.78, 5) is 11.1. The topological polar surface area (TPSA) is 127 Å². The predicted octanol–water partition coefficient (Wildman–Crippen LogP) is 5.48. The van der Waals surface area contributed by atoms with E-state index in [2.05, 4.69) is 5.10 Å². The number of carbonyl (C=O) groups is 1. The van der Waals surface area contributed by atoms with E-state index < -0.39 is 32.6 Å². The van der Waals surface area contributed by atoms with Crippen LogP contribution in [0, 0.1) is 6.92 Å². The summed E-state index contributed by atoms with van der Waals surface area (Å²) in [6.45, 7) is 0.598. The molecule has 0 saturated heterocycles. The molecule has 0 radical (unpaired) electrons. The van der Waals surface area contributed by atoms with E-state index in [9.17, 15) is 26.7 Å². The number of hydrogen-bond donors (Lipinski definition) is 1. The predicted molar refractivity (Wildman–Crippen MR) is 142 cm³/mol. The van der Waals surface area contributed by atoms with E-state index in [-0.39, 0.29) is 52.2 Å². The van der Waals surface area contributed by atoms with Gasteiger partial charge in [0.25, 0.3) is 20.0 Å². The van der Waals surface area contributed by atoms with Crippen molar-refractivity contribution in [3.05, 3.63) is 80.4 Å². The summed E-state index contributed by atoms with van der Waals surface area (Å²) in [7, 11) is -8.68. The maximum atomic E-state index is 13.4. The molecule has 0 aliphatic carbocycles. The van der Waals surface area contributed by atoms with E-state index in [0.717, 1.165) is 16.2 Å². The lowest BCUT2D eigenvalue weighted by Crippen LogP contribution is -2.35. The van der Waals surface area contributed by atoms with E-state index in [1.807, 2.05) is 0 Å². The number of carboxylic acids is 1. The van der Waals surface area contributed by atoms with E-state index in [0.29, 0.717) is 4.31 Å². The molecular weight excluding hydrogens is 608 g/mol. The lowest BCUT2D eigenvalue weighted by Gasteiger charge is -2.23. The van der Waals surface area contributed by atoms with Gasteiger partial charge in [-0.2, -0.15) is 17.6 Å². The van der Waals surface area contributed by atoms with Gasteiger partial charge in [0, 0.05) is 25.5 Å². The van der Waals surface area contributed by atoms with E-state index >= 15 is 0 Å². The molecule has 4 aromatic rings. The summed E-state index contributed by atoms with van der Waals surface area (Å²) in [6, 6.07) is 11.4. The Hall–Kier alpha value is -2.54. The molecule has 3 aromatic carbocycles. The minimum absolute atomic E-state index is 0.0419. The monoisotopic (exact) mass is 621 g/mol. The Morgan fingerprint density at radius 2 is 1.38 bits per heavy atom. The molecule has 9 nitrogen and oxygen atoms in total. The van der Waals surface area contributed by atoms with Crippen LogP contribution in [0.2, 0.25) is 20.1 Å².